The summed E-state index contributed by atoms with van der Waals surface area (Å²) in [6, 6.07) is 2.44. The van der Waals surface area contributed by atoms with Crippen molar-refractivity contribution in [2.45, 2.75) is 44.8 Å². The molecule has 2 heterocycles. The third-order valence-electron chi connectivity index (χ3n) is 4.51. The molecule has 4 rings (SSSR count). The van der Waals surface area contributed by atoms with Gasteiger partial charge in [-0.3, -0.25) is 14.2 Å². The van der Waals surface area contributed by atoms with Crippen molar-refractivity contribution in [1.29, 1.82) is 0 Å². The third kappa shape index (κ3) is 2.37. The lowest BCUT2D eigenvalue weighted by Crippen LogP contribution is -2.27. The normalized spacial score (nSPS) is 21.0. The highest BCUT2D eigenvalue weighted by atomic mass is 19.1. The van der Waals surface area contributed by atoms with Crippen LogP contribution in [0.15, 0.2) is 16.9 Å². The number of fused-ring (bicyclic) bond motifs is 1. The predicted molar refractivity (Wildman–Crippen MR) is 82.2 cm³/mol. The Morgan fingerprint density at radius 3 is 2.74 bits per heavy atom. The van der Waals surface area contributed by atoms with Crippen LogP contribution in [0.2, 0.25) is 0 Å². The number of nitrogens with zero attached hydrogens (tertiary/aromatic N) is 2. The number of hydrogen-bond donors (Lipinski definition) is 0. The van der Waals surface area contributed by atoms with E-state index < -0.39 is 5.82 Å². The molecule has 0 bridgehead atoms. The summed E-state index contributed by atoms with van der Waals surface area (Å²) in [5.74, 6) is -0.311. The molecule has 1 aromatic carbocycles. The van der Waals surface area contributed by atoms with Crippen molar-refractivity contribution in [2.75, 3.05) is 6.61 Å². The highest BCUT2D eigenvalue weighted by Crippen LogP contribution is 2.38. The van der Waals surface area contributed by atoms with E-state index in [1.54, 1.807) is 4.57 Å². The van der Waals surface area contributed by atoms with E-state index in [9.17, 15) is 14.0 Å². The molecule has 2 aromatic rings. The van der Waals surface area contributed by atoms with E-state index in [4.69, 9.17) is 4.74 Å². The van der Waals surface area contributed by atoms with Gasteiger partial charge in [-0.2, -0.15) is 0 Å². The Labute approximate surface area is 132 Å². The number of carbonyl (C=O) groups excluding carboxylic acids is 1. The number of aromatic nitrogens is 2. The molecule has 1 aliphatic heterocycles. The Morgan fingerprint density at radius 2 is 2.13 bits per heavy atom. The van der Waals surface area contributed by atoms with Gasteiger partial charge in [-0.05, 0) is 44.7 Å². The van der Waals surface area contributed by atoms with Crippen LogP contribution in [0.3, 0.4) is 0 Å². The van der Waals surface area contributed by atoms with Crippen LogP contribution in [0.1, 0.15) is 60.9 Å². The molecule has 0 amide bonds. The van der Waals surface area contributed by atoms with Crippen LogP contribution in [0.4, 0.5) is 4.39 Å². The smallest absolute Gasteiger partial charge is 0.261 e. The molecule has 23 heavy (non-hydrogen) atoms. The van der Waals surface area contributed by atoms with Gasteiger partial charge in [-0.1, -0.05) is 0 Å². The Balaban J connectivity index is 2.06. The fourth-order valence-electron chi connectivity index (χ4n) is 3.25. The summed E-state index contributed by atoms with van der Waals surface area (Å²) in [5.41, 5.74) is 0.163. The summed E-state index contributed by atoms with van der Waals surface area (Å²) in [5, 5.41) is 0.170. The molecule has 1 aliphatic carbocycles. The molecular formula is C17H17FN2O3. The third-order valence-corrected chi connectivity index (χ3v) is 4.51. The molecule has 0 unspecified atom stereocenters. The fraction of sp³-hybridized carbons (Fsp3) is 0.471. The van der Waals surface area contributed by atoms with E-state index in [1.165, 1.54) is 13.0 Å². The molecule has 1 saturated heterocycles. The molecule has 6 heteroatoms. The zero-order chi connectivity index (χ0) is 16.1. The highest BCUT2D eigenvalue weighted by molar-refractivity contribution is 6.05. The molecule has 120 valence electrons. The lowest BCUT2D eigenvalue weighted by Gasteiger charge is -2.18. The summed E-state index contributed by atoms with van der Waals surface area (Å²) < 4.78 is 21.2. The van der Waals surface area contributed by atoms with Crippen molar-refractivity contribution in [2.24, 2.45) is 0 Å². The summed E-state index contributed by atoms with van der Waals surface area (Å²) in [4.78, 5) is 29.3. The number of benzene rings is 1. The number of ether oxygens (including phenoxy) is 1. The highest BCUT2D eigenvalue weighted by Gasteiger charge is 2.33. The first-order chi connectivity index (χ1) is 11.1. The Bertz CT molecular complexity index is 864. The van der Waals surface area contributed by atoms with Gasteiger partial charge in [0, 0.05) is 18.2 Å². The number of rotatable bonds is 3. The topological polar surface area (TPSA) is 61.2 Å². The van der Waals surface area contributed by atoms with Crippen LogP contribution in [0.25, 0.3) is 10.9 Å². The molecule has 2 aliphatic rings. The first-order valence-corrected chi connectivity index (χ1v) is 7.94. The van der Waals surface area contributed by atoms with E-state index in [1.807, 2.05) is 0 Å². The SMILES string of the molecule is CC(=O)c1cc(F)cc2c(=O)n(C3CC3)c([C@@H]3CCCO3)nc12. The average molecular weight is 316 g/mol. The van der Waals surface area contributed by atoms with Gasteiger partial charge in [0.15, 0.2) is 5.78 Å². The zero-order valence-corrected chi connectivity index (χ0v) is 12.8. The number of ketones is 1. The molecule has 0 radical (unpaired) electrons. The fourth-order valence-corrected chi connectivity index (χ4v) is 3.25. The van der Waals surface area contributed by atoms with Gasteiger partial charge in [0.1, 0.15) is 17.7 Å². The Morgan fingerprint density at radius 1 is 1.35 bits per heavy atom. The summed E-state index contributed by atoms with van der Waals surface area (Å²) in [6.07, 6.45) is 3.34. The standard InChI is InChI=1S/C17H17FN2O3/c1-9(21)12-7-10(18)8-13-15(12)19-16(14-3-2-6-23-14)20(17(13)22)11-4-5-11/h7-8,11,14H,2-6H2,1H3/t14-/m0/s1. The van der Waals surface area contributed by atoms with Crippen LogP contribution < -0.4 is 5.56 Å². The van der Waals surface area contributed by atoms with Crippen molar-refractivity contribution in [3.05, 3.63) is 39.7 Å². The van der Waals surface area contributed by atoms with Crippen molar-refractivity contribution in [1.82, 2.24) is 9.55 Å². The van der Waals surface area contributed by atoms with Crippen LogP contribution in [-0.2, 0) is 4.74 Å². The summed E-state index contributed by atoms with van der Waals surface area (Å²) >= 11 is 0. The van der Waals surface area contributed by atoms with Gasteiger partial charge in [0.2, 0.25) is 0 Å². The van der Waals surface area contributed by atoms with Gasteiger partial charge in [0.25, 0.3) is 5.56 Å². The second-order valence-electron chi connectivity index (χ2n) is 6.28. The largest absolute Gasteiger partial charge is 0.370 e. The first-order valence-electron chi connectivity index (χ1n) is 7.94. The second kappa shape index (κ2) is 5.23. The monoisotopic (exact) mass is 316 g/mol. The Kier molecular flexibility index (Phi) is 3.30. The molecule has 0 spiro atoms. The van der Waals surface area contributed by atoms with Crippen molar-refractivity contribution in [3.8, 4) is 0 Å². The van der Waals surface area contributed by atoms with Crippen LogP contribution >= 0.6 is 0 Å². The van der Waals surface area contributed by atoms with E-state index in [0.29, 0.717) is 12.4 Å². The summed E-state index contributed by atoms with van der Waals surface area (Å²) in [7, 11) is 0. The maximum atomic E-state index is 13.8. The second-order valence-corrected chi connectivity index (χ2v) is 6.28. The molecule has 1 saturated carbocycles. The van der Waals surface area contributed by atoms with Crippen molar-refractivity contribution < 1.29 is 13.9 Å². The summed E-state index contributed by atoms with van der Waals surface area (Å²) in [6.45, 7) is 2.00. The number of halogens is 1. The lowest BCUT2D eigenvalue weighted by molar-refractivity contribution is 0.0999. The molecule has 0 N–H and O–H groups in total. The van der Waals surface area contributed by atoms with Crippen LogP contribution in [0, 0.1) is 5.82 Å². The van der Waals surface area contributed by atoms with E-state index in [-0.39, 0.29) is 40.0 Å². The maximum absolute atomic E-state index is 13.8. The first kappa shape index (κ1) is 14.5. The number of hydrogen-bond acceptors (Lipinski definition) is 4. The molecule has 2 fully saturated rings. The molecule has 1 atom stereocenters. The van der Waals surface area contributed by atoms with Crippen LogP contribution in [0.5, 0.6) is 0 Å². The minimum Gasteiger partial charge on any atom is -0.370 e. The van der Waals surface area contributed by atoms with Crippen LogP contribution in [-0.4, -0.2) is 21.9 Å². The van der Waals surface area contributed by atoms with Gasteiger partial charge in [0.05, 0.1) is 10.9 Å². The van der Waals surface area contributed by atoms with E-state index >= 15 is 0 Å². The van der Waals surface area contributed by atoms with Gasteiger partial charge in [-0.15, -0.1) is 0 Å². The lowest BCUT2D eigenvalue weighted by atomic mass is 10.1. The quantitative estimate of drug-likeness (QED) is 0.817. The van der Waals surface area contributed by atoms with E-state index in [2.05, 4.69) is 4.98 Å². The molecule has 1 aromatic heterocycles. The Hall–Kier alpha value is -2.08. The average Bonchev–Trinajstić information content (AvgIpc) is 3.20. The maximum Gasteiger partial charge on any atom is 0.261 e. The van der Waals surface area contributed by atoms with Crippen molar-refractivity contribution >= 4 is 16.7 Å². The van der Waals surface area contributed by atoms with Gasteiger partial charge < -0.3 is 4.74 Å². The zero-order valence-electron chi connectivity index (χ0n) is 12.8. The molecular weight excluding hydrogens is 299 g/mol. The molecule has 5 nitrogen and oxygen atoms in total. The van der Waals surface area contributed by atoms with Gasteiger partial charge >= 0.3 is 0 Å². The van der Waals surface area contributed by atoms with Crippen molar-refractivity contribution in [3.63, 3.8) is 0 Å². The van der Waals surface area contributed by atoms with Gasteiger partial charge in [-0.25, -0.2) is 9.37 Å². The predicted octanol–water partition coefficient (Wildman–Crippen LogP) is 2.92. The number of Topliss-reactive ketones (excluding diaryl/α,β-unsaturated/α-hetero) is 1. The minimum absolute atomic E-state index is 0.114. The minimum atomic E-state index is -0.589. The number of carbonyl (C=O) groups is 1. The van der Waals surface area contributed by atoms with E-state index in [0.717, 1.165) is 31.7 Å².